The van der Waals surface area contributed by atoms with Crippen molar-refractivity contribution < 1.29 is 32.2 Å². The third kappa shape index (κ3) is 5.35. The Hall–Kier alpha value is 0.554. The Morgan fingerprint density at radius 2 is 1.90 bits per heavy atom. The average Bonchev–Trinajstić information content (AvgIpc) is 1.59. The minimum absolute atomic E-state index is 0.193. The summed E-state index contributed by atoms with van der Waals surface area (Å²) in [5.41, 5.74) is 0. The quantitative estimate of drug-likeness (QED) is 0.617. The van der Waals surface area contributed by atoms with Gasteiger partial charge in [0.25, 0.3) is 0 Å². The van der Waals surface area contributed by atoms with E-state index in [1.807, 2.05) is 0 Å². The van der Waals surface area contributed by atoms with Crippen molar-refractivity contribution in [1.82, 2.24) is 0 Å². The zero-order valence-corrected chi connectivity index (χ0v) is 8.06. The second-order valence-corrected chi connectivity index (χ2v) is 4.68. The van der Waals surface area contributed by atoms with Gasteiger partial charge >= 0.3 is 65.6 Å². The fourth-order valence-corrected chi connectivity index (χ4v) is 2.18. The molecule has 0 saturated carbocycles. The summed E-state index contributed by atoms with van der Waals surface area (Å²) in [5, 5.41) is 0. The van der Waals surface area contributed by atoms with E-state index >= 15 is 0 Å². The molecule has 0 unspecified atom stereocenters. The normalized spacial score (nSPS) is 12.6. The zero-order valence-electron chi connectivity index (χ0n) is 6.50. The van der Waals surface area contributed by atoms with Crippen LogP contribution in [0.1, 0.15) is 20.8 Å². The van der Waals surface area contributed by atoms with Gasteiger partial charge in [-0.3, -0.25) is 0 Å². The van der Waals surface area contributed by atoms with Gasteiger partial charge in [-0.2, -0.15) is 0 Å². The first-order valence-corrected chi connectivity index (χ1v) is 5.91. The van der Waals surface area contributed by atoms with Gasteiger partial charge in [0.2, 0.25) is 0 Å². The number of rotatable bonds is 4. The SMILES string of the molecule is CC[O][Ti]([OH])([OH])[O]C(C)C. The van der Waals surface area contributed by atoms with E-state index in [2.05, 4.69) is 3.32 Å². The predicted octanol–water partition coefficient (Wildman–Crippen LogP) is 0.246. The molecule has 0 spiro atoms. The third-order valence-electron chi connectivity index (χ3n) is 0.722. The Morgan fingerprint density at radius 1 is 1.40 bits per heavy atom. The molecule has 0 aromatic carbocycles. The van der Waals surface area contributed by atoms with Crippen LogP contribution in [0.25, 0.3) is 0 Å². The molecule has 0 radical (unpaired) electrons. The first-order chi connectivity index (χ1) is 4.48. The first-order valence-electron chi connectivity index (χ1n) is 3.24. The predicted molar refractivity (Wildman–Crippen MR) is 32.3 cm³/mol. The summed E-state index contributed by atoms with van der Waals surface area (Å²) >= 11 is -4.23. The van der Waals surface area contributed by atoms with E-state index in [-0.39, 0.29) is 12.7 Å². The van der Waals surface area contributed by atoms with Crippen LogP contribution < -0.4 is 0 Å². The molecule has 0 fully saturated rings. The topological polar surface area (TPSA) is 58.9 Å². The van der Waals surface area contributed by atoms with E-state index in [0.717, 1.165) is 0 Å². The second kappa shape index (κ2) is 4.44. The molecule has 5 heteroatoms. The van der Waals surface area contributed by atoms with Crippen molar-refractivity contribution in [2.45, 2.75) is 26.9 Å². The Labute approximate surface area is 66.0 Å². The average molecular weight is 186 g/mol. The van der Waals surface area contributed by atoms with Gasteiger partial charge in [0, 0.05) is 0 Å². The van der Waals surface area contributed by atoms with Crippen LogP contribution in [0.2, 0.25) is 0 Å². The van der Waals surface area contributed by atoms with Gasteiger partial charge in [0.05, 0.1) is 0 Å². The van der Waals surface area contributed by atoms with Crippen molar-refractivity contribution in [3.05, 3.63) is 0 Å². The Bertz CT molecular complexity index is 93.6. The third-order valence-corrected chi connectivity index (χ3v) is 2.98. The summed E-state index contributed by atoms with van der Waals surface area (Å²) in [4.78, 5) is 0. The molecular formula is C5H14O4Ti. The van der Waals surface area contributed by atoms with Gasteiger partial charge in [-0.25, -0.2) is 0 Å². The monoisotopic (exact) mass is 186 g/mol. The van der Waals surface area contributed by atoms with E-state index < -0.39 is 18.1 Å². The van der Waals surface area contributed by atoms with Crippen LogP contribution in [0.15, 0.2) is 0 Å². The van der Waals surface area contributed by atoms with Crippen LogP contribution in [0, 0.1) is 0 Å². The van der Waals surface area contributed by atoms with E-state index in [1.165, 1.54) is 0 Å². The van der Waals surface area contributed by atoms with Crippen LogP contribution in [0.5, 0.6) is 0 Å². The molecule has 0 aliphatic carbocycles. The number of hydrogen-bond acceptors (Lipinski definition) is 4. The van der Waals surface area contributed by atoms with Crippen LogP contribution in [0.3, 0.4) is 0 Å². The van der Waals surface area contributed by atoms with E-state index in [1.54, 1.807) is 20.8 Å². The van der Waals surface area contributed by atoms with Gasteiger partial charge in [-0.1, -0.05) is 0 Å². The molecule has 0 saturated heterocycles. The molecule has 0 aliphatic rings. The molecule has 4 nitrogen and oxygen atoms in total. The Kier molecular flexibility index (Phi) is 4.68. The molecule has 0 rings (SSSR count). The van der Waals surface area contributed by atoms with Gasteiger partial charge < -0.3 is 0 Å². The van der Waals surface area contributed by atoms with E-state index in [9.17, 15) is 0 Å². The van der Waals surface area contributed by atoms with E-state index in [4.69, 9.17) is 10.7 Å². The minimum atomic E-state index is -4.23. The maximum atomic E-state index is 8.98. The van der Waals surface area contributed by atoms with E-state index in [0.29, 0.717) is 0 Å². The molecule has 0 aliphatic heterocycles. The van der Waals surface area contributed by atoms with Crippen LogP contribution in [-0.4, -0.2) is 20.1 Å². The van der Waals surface area contributed by atoms with Gasteiger partial charge in [0.1, 0.15) is 0 Å². The Balaban J connectivity index is 3.63. The van der Waals surface area contributed by atoms with Gasteiger partial charge in [-0.05, 0) is 0 Å². The second-order valence-electron chi connectivity index (χ2n) is 2.15. The van der Waals surface area contributed by atoms with Crippen molar-refractivity contribution >= 4 is 0 Å². The van der Waals surface area contributed by atoms with Crippen LogP contribution in [-0.2, 0) is 24.8 Å². The summed E-state index contributed by atoms with van der Waals surface area (Å²) in [7, 11) is 0. The molecule has 0 atom stereocenters. The standard InChI is InChI=1S/C3H7O.C2H5O.2H2O.Ti/c1-3(2)4;1-2-3;;;/h3H,1-2H3;2H2,1H3;2*1H2;/q2*-1;;;+4/p-2. The van der Waals surface area contributed by atoms with Crippen LogP contribution >= 0.6 is 0 Å². The molecule has 10 heavy (non-hydrogen) atoms. The summed E-state index contributed by atoms with van der Waals surface area (Å²) in [5.74, 6) is 0. The summed E-state index contributed by atoms with van der Waals surface area (Å²) in [6.45, 7) is 5.42. The molecule has 2 N–H and O–H groups in total. The molecule has 0 amide bonds. The first kappa shape index (κ1) is 10.6. The molecule has 0 heterocycles. The molecule has 0 aromatic heterocycles. The fraction of sp³-hybridized carbons (Fsp3) is 1.00. The van der Waals surface area contributed by atoms with Gasteiger partial charge in [0.15, 0.2) is 0 Å². The van der Waals surface area contributed by atoms with Crippen molar-refractivity contribution in [1.29, 1.82) is 0 Å². The zero-order chi connectivity index (χ0) is 8.20. The molecule has 62 valence electrons. The van der Waals surface area contributed by atoms with Crippen molar-refractivity contribution in [3.63, 3.8) is 0 Å². The summed E-state index contributed by atoms with van der Waals surface area (Å²) in [6.07, 6.45) is -0.193. The molecular weight excluding hydrogens is 172 g/mol. The summed E-state index contributed by atoms with van der Waals surface area (Å²) in [6, 6.07) is 0. The summed E-state index contributed by atoms with van der Waals surface area (Å²) < 4.78 is 27.3. The van der Waals surface area contributed by atoms with Crippen LogP contribution in [0.4, 0.5) is 0 Å². The fourth-order valence-electron chi connectivity index (χ4n) is 0.529. The van der Waals surface area contributed by atoms with Crippen molar-refractivity contribution in [2.75, 3.05) is 6.61 Å². The molecule has 0 bridgehead atoms. The van der Waals surface area contributed by atoms with Gasteiger partial charge in [-0.15, -0.1) is 0 Å². The number of hydrogen-bond donors (Lipinski definition) is 2. The van der Waals surface area contributed by atoms with Crippen molar-refractivity contribution in [3.8, 4) is 0 Å². The molecule has 0 aromatic rings. The maximum absolute atomic E-state index is 8.98. The Morgan fingerprint density at radius 3 is 2.20 bits per heavy atom. The van der Waals surface area contributed by atoms with Crippen molar-refractivity contribution in [2.24, 2.45) is 0 Å².